The first-order chi connectivity index (χ1) is 19.0. The third-order valence-electron chi connectivity index (χ3n) is 6.57. The van der Waals surface area contributed by atoms with Crippen molar-refractivity contribution in [2.24, 2.45) is 0 Å². The Morgan fingerprint density at radius 2 is 2.10 bits per heavy atom. The topological polar surface area (TPSA) is 106 Å². The van der Waals surface area contributed by atoms with E-state index in [1.807, 2.05) is 12.1 Å². The molecule has 0 saturated carbocycles. The first-order valence-corrected chi connectivity index (χ1v) is 12.9. The van der Waals surface area contributed by atoms with Crippen LogP contribution in [-0.2, 0) is 11.3 Å². The zero-order valence-corrected chi connectivity index (χ0v) is 21.8. The van der Waals surface area contributed by atoms with E-state index in [2.05, 4.69) is 37.5 Å². The molecule has 0 bridgehead atoms. The molecule has 1 aliphatic heterocycles. The summed E-state index contributed by atoms with van der Waals surface area (Å²) < 4.78 is 26.5. The van der Waals surface area contributed by atoms with Gasteiger partial charge in [0.15, 0.2) is 17.3 Å². The average molecular weight is 533 g/mol. The summed E-state index contributed by atoms with van der Waals surface area (Å²) in [5.74, 6) is 1.49. The lowest BCUT2D eigenvalue weighted by atomic mass is 10.2. The summed E-state index contributed by atoms with van der Waals surface area (Å²) >= 11 is 0. The molecule has 0 unspecified atom stereocenters. The molecular weight excluding hydrogens is 501 g/mol. The number of ether oxygens (including phenoxy) is 2. The van der Waals surface area contributed by atoms with Crippen LogP contribution < -0.4 is 20.1 Å². The van der Waals surface area contributed by atoms with Crippen molar-refractivity contribution >= 4 is 34.1 Å². The Hall–Kier alpha value is -4.25. The monoisotopic (exact) mass is 532 g/mol. The minimum atomic E-state index is -0.421. The normalized spacial score (nSPS) is 15.4. The molecule has 1 aliphatic rings. The number of nitrogens with zero attached hydrogens (tertiary/aromatic N) is 5. The van der Waals surface area contributed by atoms with Gasteiger partial charge in [0.25, 0.3) is 0 Å². The number of methoxy groups -OCH3 is 1. The molecule has 2 N–H and O–H groups in total. The third kappa shape index (κ3) is 6.61. The third-order valence-corrected chi connectivity index (χ3v) is 6.57. The van der Waals surface area contributed by atoms with Crippen LogP contribution in [0.4, 0.5) is 21.7 Å². The van der Waals surface area contributed by atoms with Gasteiger partial charge in [-0.2, -0.15) is 5.10 Å². The van der Waals surface area contributed by atoms with E-state index in [9.17, 15) is 9.18 Å². The summed E-state index contributed by atoms with van der Waals surface area (Å²) in [6, 6.07) is 11.5. The Kier molecular flexibility index (Phi) is 8.16. The molecule has 11 heteroatoms. The number of aromatic nitrogens is 4. The summed E-state index contributed by atoms with van der Waals surface area (Å²) in [6.45, 7) is 6.78. The van der Waals surface area contributed by atoms with Crippen LogP contribution in [-0.4, -0.2) is 63.4 Å². The standard InChI is InChI=1S/C28H31FN7O3/c1-19-6-4-10-35(19)11-5-13-39-25-16-23-22(15-24(25)38-2)28(31-18-30-23)33-26-9-12-36(34-26)17-27(37)32-21-8-3-7-20(29)14-21/h3,7-9,12,14-16,18-19H,1,4-6,10-11,13,17H2,2H3,(H,32,37)(H,30,31,33,34)/t19-/m1/s1. The lowest BCUT2D eigenvalue weighted by Gasteiger charge is -2.20. The number of amides is 1. The average Bonchev–Trinajstić information content (AvgIpc) is 3.54. The second-order valence-corrected chi connectivity index (χ2v) is 9.36. The van der Waals surface area contributed by atoms with E-state index >= 15 is 0 Å². The molecule has 1 atom stereocenters. The zero-order chi connectivity index (χ0) is 27.2. The van der Waals surface area contributed by atoms with Crippen LogP contribution in [0.3, 0.4) is 0 Å². The molecule has 2 aromatic heterocycles. The second kappa shape index (κ2) is 12.1. The predicted octanol–water partition coefficient (Wildman–Crippen LogP) is 4.42. The Labute approximate surface area is 226 Å². The van der Waals surface area contributed by atoms with Gasteiger partial charge in [0.1, 0.15) is 24.5 Å². The molecular formula is C28H31FN7O3. The molecule has 2 aromatic carbocycles. The van der Waals surface area contributed by atoms with Crippen LogP contribution in [0.2, 0.25) is 0 Å². The van der Waals surface area contributed by atoms with E-state index in [0.29, 0.717) is 47.0 Å². The number of benzene rings is 2. The van der Waals surface area contributed by atoms with Gasteiger partial charge in [0, 0.05) is 42.0 Å². The number of hydrogen-bond acceptors (Lipinski definition) is 8. The number of rotatable bonds is 11. The Bertz CT molecular complexity index is 1440. The van der Waals surface area contributed by atoms with Crippen LogP contribution in [0.5, 0.6) is 11.5 Å². The number of likely N-dealkylation sites (tertiary alicyclic amines) is 1. The van der Waals surface area contributed by atoms with Gasteiger partial charge in [-0.1, -0.05) is 6.07 Å². The number of carbonyl (C=O) groups excluding carboxylic acids is 1. The first kappa shape index (κ1) is 26.4. The van der Waals surface area contributed by atoms with Crippen molar-refractivity contribution in [3.8, 4) is 11.5 Å². The highest BCUT2D eigenvalue weighted by Crippen LogP contribution is 2.34. The van der Waals surface area contributed by atoms with Crippen molar-refractivity contribution in [2.45, 2.75) is 31.8 Å². The molecule has 1 amide bonds. The van der Waals surface area contributed by atoms with Crippen LogP contribution in [0.25, 0.3) is 10.9 Å². The van der Waals surface area contributed by atoms with Crippen molar-refractivity contribution in [2.75, 3.05) is 37.4 Å². The molecule has 0 aliphatic carbocycles. The summed E-state index contributed by atoms with van der Waals surface area (Å²) in [5.41, 5.74) is 1.07. The Morgan fingerprint density at radius 1 is 1.21 bits per heavy atom. The quantitative estimate of drug-likeness (QED) is 0.274. The fraction of sp³-hybridized carbons (Fsp3) is 0.321. The molecule has 39 heavy (non-hydrogen) atoms. The number of anilines is 3. The summed E-state index contributed by atoms with van der Waals surface area (Å²) in [4.78, 5) is 23.5. The number of hydrogen-bond donors (Lipinski definition) is 2. The highest BCUT2D eigenvalue weighted by Gasteiger charge is 2.19. The van der Waals surface area contributed by atoms with Gasteiger partial charge in [0.05, 0.1) is 19.2 Å². The SMILES string of the molecule is [CH2][C@@H]1CCCN1CCCOc1cc2ncnc(Nc3ccn(CC(=O)Nc4cccc(F)c4)n3)c2cc1OC. The maximum atomic E-state index is 13.4. The smallest absolute Gasteiger partial charge is 0.246 e. The van der Waals surface area contributed by atoms with Gasteiger partial charge in [-0.25, -0.2) is 14.4 Å². The molecule has 5 rings (SSSR count). The van der Waals surface area contributed by atoms with Crippen molar-refractivity contribution < 1.29 is 18.7 Å². The summed E-state index contributed by atoms with van der Waals surface area (Å²) in [5, 5.41) is 11.0. The van der Waals surface area contributed by atoms with E-state index in [1.165, 1.54) is 35.6 Å². The van der Waals surface area contributed by atoms with Crippen molar-refractivity contribution in [3.05, 3.63) is 67.7 Å². The molecule has 1 saturated heterocycles. The van der Waals surface area contributed by atoms with Gasteiger partial charge in [-0.05, 0) is 57.0 Å². The van der Waals surface area contributed by atoms with Crippen molar-refractivity contribution in [3.63, 3.8) is 0 Å². The Morgan fingerprint density at radius 3 is 2.90 bits per heavy atom. The molecule has 203 valence electrons. The number of nitrogens with one attached hydrogen (secondary N) is 2. The Balaban J connectivity index is 1.23. The van der Waals surface area contributed by atoms with Gasteiger partial charge < -0.3 is 25.0 Å². The molecule has 3 heterocycles. The molecule has 1 fully saturated rings. The van der Waals surface area contributed by atoms with E-state index in [-0.39, 0.29) is 12.5 Å². The van der Waals surface area contributed by atoms with E-state index < -0.39 is 5.82 Å². The van der Waals surface area contributed by atoms with Crippen LogP contribution in [0.15, 0.2) is 55.0 Å². The van der Waals surface area contributed by atoms with Gasteiger partial charge >= 0.3 is 0 Å². The van der Waals surface area contributed by atoms with Gasteiger partial charge in [0.2, 0.25) is 5.91 Å². The minimum Gasteiger partial charge on any atom is -0.493 e. The van der Waals surface area contributed by atoms with Crippen molar-refractivity contribution in [1.29, 1.82) is 0 Å². The van der Waals surface area contributed by atoms with Crippen LogP contribution in [0.1, 0.15) is 19.3 Å². The summed E-state index contributed by atoms with van der Waals surface area (Å²) in [6.07, 6.45) is 6.39. The highest BCUT2D eigenvalue weighted by molar-refractivity contribution is 5.93. The van der Waals surface area contributed by atoms with Crippen LogP contribution >= 0.6 is 0 Å². The number of carbonyl (C=O) groups is 1. The molecule has 10 nitrogen and oxygen atoms in total. The number of halogens is 1. The van der Waals surface area contributed by atoms with E-state index in [1.54, 1.807) is 25.4 Å². The van der Waals surface area contributed by atoms with Gasteiger partial charge in [-0.15, -0.1) is 0 Å². The molecule has 0 spiro atoms. The maximum absolute atomic E-state index is 13.4. The predicted molar refractivity (Wildman–Crippen MR) is 147 cm³/mol. The van der Waals surface area contributed by atoms with E-state index in [0.717, 1.165) is 31.3 Å². The highest BCUT2D eigenvalue weighted by atomic mass is 19.1. The van der Waals surface area contributed by atoms with Crippen LogP contribution in [0, 0.1) is 12.7 Å². The maximum Gasteiger partial charge on any atom is 0.246 e. The second-order valence-electron chi connectivity index (χ2n) is 9.36. The lowest BCUT2D eigenvalue weighted by molar-refractivity contribution is -0.116. The zero-order valence-electron chi connectivity index (χ0n) is 21.8. The van der Waals surface area contributed by atoms with Gasteiger partial charge in [-0.3, -0.25) is 9.48 Å². The first-order valence-electron chi connectivity index (χ1n) is 12.9. The number of fused-ring (bicyclic) bond motifs is 1. The molecule has 1 radical (unpaired) electrons. The lowest BCUT2D eigenvalue weighted by Crippen LogP contribution is -2.29. The minimum absolute atomic E-state index is 0.0373. The molecule has 4 aromatic rings. The largest absolute Gasteiger partial charge is 0.493 e. The summed E-state index contributed by atoms with van der Waals surface area (Å²) in [7, 11) is 1.60. The van der Waals surface area contributed by atoms with E-state index in [4.69, 9.17) is 9.47 Å². The van der Waals surface area contributed by atoms with Crippen molar-refractivity contribution in [1.82, 2.24) is 24.6 Å². The fourth-order valence-electron chi connectivity index (χ4n) is 4.63. The fourth-order valence-corrected chi connectivity index (χ4v) is 4.63.